The number of nitrogens with one attached hydrogen (secondary N) is 1. The van der Waals surface area contributed by atoms with E-state index in [0.717, 1.165) is 5.69 Å². The zero-order valence-electron chi connectivity index (χ0n) is 11.1. The molecule has 6 heteroatoms. The third-order valence-electron chi connectivity index (χ3n) is 2.82. The maximum absolute atomic E-state index is 10.8. The first kappa shape index (κ1) is 14.3. The third kappa shape index (κ3) is 3.45. The fourth-order valence-corrected chi connectivity index (χ4v) is 1.98. The lowest BCUT2D eigenvalue weighted by atomic mass is 10.0. The molecule has 1 aromatic heterocycles. The molecule has 2 rings (SSSR count). The van der Waals surface area contributed by atoms with Crippen molar-refractivity contribution in [3.8, 4) is 0 Å². The number of aromatic nitrogens is 1. The highest BCUT2D eigenvalue weighted by Gasteiger charge is 2.10. The van der Waals surface area contributed by atoms with Crippen molar-refractivity contribution < 1.29 is 4.92 Å². The van der Waals surface area contributed by atoms with Crippen molar-refractivity contribution in [2.45, 2.75) is 19.8 Å². The molecule has 1 heterocycles. The first-order valence-electron chi connectivity index (χ1n) is 6.14. The van der Waals surface area contributed by atoms with Gasteiger partial charge in [0.1, 0.15) is 11.0 Å². The van der Waals surface area contributed by atoms with E-state index in [1.54, 1.807) is 0 Å². The summed E-state index contributed by atoms with van der Waals surface area (Å²) in [5, 5.41) is 13.9. The van der Waals surface area contributed by atoms with E-state index in [1.165, 1.54) is 17.7 Å². The Balaban J connectivity index is 2.30. The van der Waals surface area contributed by atoms with Crippen LogP contribution in [0.4, 0.5) is 17.2 Å². The lowest BCUT2D eigenvalue weighted by Gasteiger charge is -2.10. The fourth-order valence-electron chi connectivity index (χ4n) is 1.78. The molecule has 1 N–H and O–H groups in total. The van der Waals surface area contributed by atoms with Crippen LogP contribution in [-0.2, 0) is 0 Å². The van der Waals surface area contributed by atoms with Crippen molar-refractivity contribution in [1.82, 2.24) is 4.98 Å². The number of benzene rings is 1. The van der Waals surface area contributed by atoms with Gasteiger partial charge in [-0.3, -0.25) is 10.1 Å². The van der Waals surface area contributed by atoms with E-state index in [0.29, 0.717) is 11.7 Å². The summed E-state index contributed by atoms with van der Waals surface area (Å²) < 4.78 is 0. The smallest absolute Gasteiger partial charge is 0.276 e. The summed E-state index contributed by atoms with van der Waals surface area (Å²) in [5.74, 6) is 0.753. The summed E-state index contributed by atoms with van der Waals surface area (Å²) in [6, 6.07) is 10.4. The molecule has 0 aliphatic carbocycles. The molecule has 0 atom stereocenters. The zero-order chi connectivity index (χ0) is 14.7. The molecule has 0 radical (unpaired) electrons. The fraction of sp³-hybridized carbons (Fsp3) is 0.214. The lowest BCUT2D eigenvalue weighted by molar-refractivity contribution is -0.384. The van der Waals surface area contributed by atoms with E-state index < -0.39 is 4.92 Å². The molecule has 0 spiro atoms. The van der Waals surface area contributed by atoms with Crippen LogP contribution >= 0.6 is 11.6 Å². The highest BCUT2D eigenvalue weighted by Crippen LogP contribution is 2.25. The molecule has 0 saturated heterocycles. The molecule has 2 aromatic rings. The Kier molecular flexibility index (Phi) is 4.20. The largest absolute Gasteiger partial charge is 0.340 e. The monoisotopic (exact) mass is 291 g/mol. The normalized spacial score (nSPS) is 10.6. The van der Waals surface area contributed by atoms with Crippen LogP contribution in [0.5, 0.6) is 0 Å². The number of pyridine rings is 1. The summed E-state index contributed by atoms with van der Waals surface area (Å²) in [6.45, 7) is 4.20. The van der Waals surface area contributed by atoms with Gasteiger partial charge in [-0.05, 0) is 23.6 Å². The second-order valence-electron chi connectivity index (χ2n) is 4.70. The number of hydrogen-bond donors (Lipinski definition) is 1. The summed E-state index contributed by atoms with van der Waals surface area (Å²) in [4.78, 5) is 14.3. The van der Waals surface area contributed by atoms with Gasteiger partial charge in [0, 0.05) is 5.69 Å². The Morgan fingerprint density at radius 1 is 1.30 bits per heavy atom. The van der Waals surface area contributed by atoms with Gasteiger partial charge >= 0.3 is 0 Å². The Morgan fingerprint density at radius 2 is 2.05 bits per heavy atom. The Morgan fingerprint density at radius 3 is 2.70 bits per heavy atom. The molecule has 5 nitrogen and oxygen atoms in total. The van der Waals surface area contributed by atoms with E-state index >= 15 is 0 Å². The summed E-state index contributed by atoms with van der Waals surface area (Å²) in [7, 11) is 0. The van der Waals surface area contributed by atoms with E-state index in [2.05, 4.69) is 24.1 Å². The van der Waals surface area contributed by atoms with Crippen molar-refractivity contribution >= 4 is 28.8 Å². The van der Waals surface area contributed by atoms with Crippen molar-refractivity contribution in [2.24, 2.45) is 0 Å². The van der Waals surface area contributed by atoms with Crippen LogP contribution in [0.1, 0.15) is 25.3 Å². The van der Waals surface area contributed by atoms with Crippen molar-refractivity contribution in [3.05, 3.63) is 57.2 Å². The Hall–Kier alpha value is -2.14. The van der Waals surface area contributed by atoms with Crippen molar-refractivity contribution in [1.29, 1.82) is 0 Å². The molecule has 0 fully saturated rings. The first-order valence-corrected chi connectivity index (χ1v) is 6.52. The van der Waals surface area contributed by atoms with Gasteiger partial charge in [0.15, 0.2) is 0 Å². The number of anilines is 2. The van der Waals surface area contributed by atoms with Gasteiger partial charge in [0.25, 0.3) is 5.69 Å². The SMILES string of the molecule is CC(C)c1cccc(Nc2cc([N+](=O)[O-])cc(Cl)n2)c1. The maximum atomic E-state index is 10.8. The van der Waals surface area contributed by atoms with Gasteiger partial charge in [-0.2, -0.15) is 0 Å². The molecule has 0 unspecified atom stereocenters. The molecule has 0 bridgehead atoms. The molecule has 0 saturated carbocycles. The minimum absolute atomic E-state index is 0.0849. The maximum Gasteiger partial charge on any atom is 0.276 e. The minimum Gasteiger partial charge on any atom is -0.340 e. The van der Waals surface area contributed by atoms with Crippen LogP contribution in [0, 0.1) is 10.1 Å². The highest BCUT2D eigenvalue weighted by molar-refractivity contribution is 6.29. The molecule has 1 aromatic carbocycles. The van der Waals surface area contributed by atoms with Crippen molar-refractivity contribution in [2.75, 3.05) is 5.32 Å². The van der Waals surface area contributed by atoms with Crippen LogP contribution in [0.3, 0.4) is 0 Å². The van der Waals surface area contributed by atoms with Crippen molar-refractivity contribution in [3.63, 3.8) is 0 Å². The van der Waals surface area contributed by atoms with Gasteiger partial charge in [-0.1, -0.05) is 37.6 Å². The van der Waals surface area contributed by atoms with E-state index in [1.807, 2.05) is 24.3 Å². The Bertz CT molecular complexity index is 644. The zero-order valence-corrected chi connectivity index (χ0v) is 11.9. The highest BCUT2D eigenvalue weighted by atomic mass is 35.5. The predicted molar refractivity (Wildman–Crippen MR) is 79.7 cm³/mol. The number of halogens is 1. The molecule has 20 heavy (non-hydrogen) atoms. The quantitative estimate of drug-likeness (QED) is 0.511. The molecule has 0 amide bonds. The molecule has 0 aliphatic heterocycles. The van der Waals surface area contributed by atoms with E-state index in [4.69, 9.17) is 11.6 Å². The molecular formula is C14H14ClN3O2. The van der Waals surface area contributed by atoms with Crippen LogP contribution < -0.4 is 5.32 Å². The summed E-state index contributed by atoms with van der Waals surface area (Å²) in [5.41, 5.74) is 1.90. The van der Waals surface area contributed by atoms with Gasteiger partial charge in [-0.15, -0.1) is 0 Å². The van der Waals surface area contributed by atoms with Crippen LogP contribution in [0.2, 0.25) is 5.15 Å². The Labute approximate surface area is 121 Å². The van der Waals surface area contributed by atoms with Gasteiger partial charge in [-0.25, -0.2) is 4.98 Å². The lowest BCUT2D eigenvalue weighted by Crippen LogP contribution is -1.97. The summed E-state index contributed by atoms with van der Waals surface area (Å²) >= 11 is 5.79. The van der Waals surface area contributed by atoms with Gasteiger partial charge < -0.3 is 5.32 Å². The standard InChI is InChI=1S/C14H14ClN3O2/c1-9(2)10-4-3-5-11(6-10)16-14-8-12(18(19)20)7-13(15)17-14/h3-9H,1-2H3,(H,16,17). The van der Waals surface area contributed by atoms with Crippen LogP contribution in [0.15, 0.2) is 36.4 Å². The minimum atomic E-state index is -0.497. The second-order valence-corrected chi connectivity index (χ2v) is 5.08. The number of nitro groups is 1. The summed E-state index contributed by atoms with van der Waals surface area (Å²) in [6.07, 6.45) is 0. The second kappa shape index (κ2) is 5.88. The van der Waals surface area contributed by atoms with Gasteiger partial charge in [0.05, 0.1) is 17.1 Å². The first-order chi connectivity index (χ1) is 9.45. The predicted octanol–water partition coefficient (Wildman–Crippen LogP) is 4.51. The van der Waals surface area contributed by atoms with E-state index in [9.17, 15) is 10.1 Å². The van der Waals surface area contributed by atoms with Crippen LogP contribution in [0.25, 0.3) is 0 Å². The average Bonchev–Trinajstić information content (AvgIpc) is 2.38. The molecular weight excluding hydrogens is 278 g/mol. The van der Waals surface area contributed by atoms with Gasteiger partial charge in [0.2, 0.25) is 0 Å². The number of rotatable bonds is 4. The topological polar surface area (TPSA) is 68.1 Å². The third-order valence-corrected chi connectivity index (χ3v) is 3.01. The molecule has 104 valence electrons. The average molecular weight is 292 g/mol. The van der Waals surface area contributed by atoms with Crippen LogP contribution in [-0.4, -0.2) is 9.91 Å². The number of hydrogen-bond acceptors (Lipinski definition) is 4. The van der Waals surface area contributed by atoms with E-state index in [-0.39, 0.29) is 10.8 Å². The molecule has 0 aliphatic rings. The number of nitrogens with zero attached hydrogens (tertiary/aromatic N) is 2.